The van der Waals surface area contributed by atoms with Gasteiger partial charge < -0.3 is 4.90 Å². The number of aromatic nitrogens is 3. The highest BCUT2D eigenvalue weighted by atomic mass is 15.4. The SMILES string of the molecule is Cc1cccc(CN2Cc3ccnn3[C@@H](CN3CCCC3)C2)n1. The van der Waals surface area contributed by atoms with Crippen LogP contribution in [-0.4, -0.2) is 50.7 Å². The summed E-state index contributed by atoms with van der Waals surface area (Å²) >= 11 is 0. The predicted octanol–water partition coefficient (Wildman–Crippen LogP) is 2.24. The van der Waals surface area contributed by atoms with E-state index in [0.717, 1.165) is 37.6 Å². The Bertz CT molecular complexity index is 659. The molecule has 0 unspecified atom stereocenters. The van der Waals surface area contributed by atoms with Gasteiger partial charge >= 0.3 is 0 Å². The van der Waals surface area contributed by atoms with Crippen molar-refractivity contribution in [2.45, 2.75) is 38.9 Å². The van der Waals surface area contributed by atoms with Crippen molar-refractivity contribution in [1.29, 1.82) is 0 Å². The molecule has 0 spiro atoms. The van der Waals surface area contributed by atoms with E-state index >= 15 is 0 Å². The van der Waals surface area contributed by atoms with Crippen LogP contribution >= 0.6 is 0 Å². The number of hydrogen-bond donors (Lipinski definition) is 0. The third-order valence-electron chi connectivity index (χ3n) is 4.95. The zero-order valence-electron chi connectivity index (χ0n) is 13.9. The monoisotopic (exact) mass is 311 g/mol. The Hall–Kier alpha value is -1.72. The van der Waals surface area contributed by atoms with Gasteiger partial charge in [0.2, 0.25) is 0 Å². The molecule has 0 N–H and O–H groups in total. The van der Waals surface area contributed by atoms with Crippen molar-refractivity contribution in [2.75, 3.05) is 26.2 Å². The summed E-state index contributed by atoms with van der Waals surface area (Å²) in [6.45, 7) is 8.60. The predicted molar refractivity (Wildman–Crippen MR) is 90.0 cm³/mol. The van der Waals surface area contributed by atoms with Gasteiger partial charge in [0.1, 0.15) is 0 Å². The van der Waals surface area contributed by atoms with E-state index in [2.05, 4.69) is 55.8 Å². The fourth-order valence-corrected chi connectivity index (χ4v) is 3.90. The molecule has 4 heterocycles. The van der Waals surface area contributed by atoms with Crippen LogP contribution in [0, 0.1) is 6.92 Å². The molecular formula is C18H25N5. The van der Waals surface area contributed by atoms with Gasteiger partial charge in [-0.3, -0.25) is 14.6 Å². The minimum atomic E-state index is 0.455. The number of fused-ring (bicyclic) bond motifs is 1. The van der Waals surface area contributed by atoms with Gasteiger partial charge in [-0.2, -0.15) is 5.10 Å². The minimum Gasteiger partial charge on any atom is -0.301 e. The standard InChI is InChI=1S/C18H25N5/c1-15-5-4-6-16(20-15)11-22-12-17-7-8-19-23(17)18(14-22)13-21-9-2-3-10-21/h4-8,18H,2-3,9-14H2,1H3/t18-/m0/s1. The van der Waals surface area contributed by atoms with Crippen LogP contribution in [-0.2, 0) is 13.1 Å². The largest absolute Gasteiger partial charge is 0.301 e. The molecule has 23 heavy (non-hydrogen) atoms. The number of rotatable bonds is 4. The van der Waals surface area contributed by atoms with Crippen molar-refractivity contribution >= 4 is 0 Å². The van der Waals surface area contributed by atoms with Gasteiger partial charge in [-0.25, -0.2) is 0 Å². The van der Waals surface area contributed by atoms with Gasteiger partial charge in [-0.05, 0) is 51.1 Å². The van der Waals surface area contributed by atoms with E-state index in [0.29, 0.717) is 6.04 Å². The van der Waals surface area contributed by atoms with Gasteiger partial charge in [0.25, 0.3) is 0 Å². The zero-order chi connectivity index (χ0) is 15.6. The highest BCUT2D eigenvalue weighted by molar-refractivity contribution is 5.11. The molecule has 0 bridgehead atoms. The highest BCUT2D eigenvalue weighted by Crippen LogP contribution is 2.23. The van der Waals surface area contributed by atoms with Gasteiger partial charge in [0.15, 0.2) is 0 Å². The first kappa shape index (κ1) is 14.8. The van der Waals surface area contributed by atoms with Crippen LogP contribution in [0.1, 0.15) is 36.0 Å². The topological polar surface area (TPSA) is 37.2 Å². The van der Waals surface area contributed by atoms with Crippen LogP contribution in [0.4, 0.5) is 0 Å². The highest BCUT2D eigenvalue weighted by Gasteiger charge is 2.28. The van der Waals surface area contributed by atoms with Gasteiger partial charge in [-0.15, -0.1) is 0 Å². The lowest BCUT2D eigenvalue weighted by atomic mass is 10.1. The molecule has 5 heteroatoms. The lowest BCUT2D eigenvalue weighted by Crippen LogP contribution is -2.42. The lowest BCUT2D eigenvalue weighted by Gasteiger charge is -2.35. The van der Waals surface area contributed by atoms with Crippen LogP contribution in [0.2, 0.25) is 0 Å². The molecule has 0 aromatic carbocycles. The van der Waals surface area contributed by atoms with Gasteiger partial charge in [0, 0.05) is 38.1 Å². The van der Waals surface area contributed by atoms with Crippen molar-refractivity contribution in [3.05, 3.63) is 47.5 Å². The second kappa shape index (κ2) is 6.42. The quantitative estimate of drug-likeness (QED) is 0.868. The first-order chi connectivity index (χ1) is 11.3. The van der Waals surface area contributed by atoms with E-state index in [-0.39, 0.29) is 0 Å². The molecule has 122 valence electrons. The van der Waals surface area contributed by atoms with E-state index in [1.807, 2.05) is 6.20 Å². The molecule has 2 aliphatic rings. The fourth-order valence-electron chi connectivity index (χ4n) is 3.90. The maximum atomic E-state index is 4.66. The second-order valence-electron chi connectivity index (χ2n) is 6.87. The van der Waals surface area contributed by atoms with Crippen LogP contribution in [0.3, 0.4) is 0 Å². The number of likely N-dealkylation sites (tertiary alicyclic amines) is 1. The zero-order valence-corrected chi connectivity index (χ0v) is 13.9. The van der Waals surface area contributed by atoms with Crippen LogP contribution < -0.4 is 0 Å². The Morgan fingerprint density at radius 1 is 1.13 bits per heavy atom. The Morgan fingerprint density at radius 2 is 2.00 bits per heavy atom. The number of aryl methyl sites for hydroxylation is 1. The van der Waals surface area contributed by atoms with E-state index in [1.165, 1.54) is 31.6 Å². The van der Waals surface area contributed by atoms with Crippen molar-refractivity contribution in [3.8, 4) is 0 Å². The average molecular weight is 311 g/mol. The molecule has 0 saturated carbocycles. The van der Waals surface area contributed by atoms with Crippen molar-refractivity contribution in [3.63, 3.8) is 0 Å². The molecule has 0 aliphatic carbocycles. The van der Waals surface area contributed by atoms with Crippen LogP contribution in [0.25, 0.3) is 0 Å². The molecule has 4 rings (SSSR count). The first-order valence-electron chi connectivity index (χ1n) is 8.67. The Kier molecular flexibility index (Phi) is 4.14. The molecule has 2 aromatic rings. The number of nitrogens with zero attached hydrogens (tertiary/aromatic N) is 5. The van der Waals surface area contributed by atoms with Crippen molar-refractivity contribution < 1.29 is 0 Å². The lowest BCUT2D eigenvalue weighted by molar-refractivity contribution is 0.137. The van der Waals surface area contributed by atoms with Crippen molar-refractivity contribution in [2.24, 2.45) is 0 Å². The summed E-state index contributed by atoms with van der Waals surface area (Å²) in [5, 5.41) is 4.58. The molecule has 1 fully saturated rings. The Balaban J connectivity index is 1.49. The third-order valence-corrected chi connectivity index (χ3v) is 4.95. The maximum Gasteiger partial charge on any atom is 0.0776 e. The smallest absolute Gasteiger partial charge is 0.0776 e. The summed E-state index contributed by atoms with van der Waals surface area (Å²) in [6.07, 6.45) is 4.63. The molecule has 2 aromatic heterocycles. The second-order valence-corrected chi connectivity index (χ2v) is 6.87. The van der Waals surface area contributed by atoms with Crippen LogP contribution in [0.15, 0.2) is 30.5 Å². The summed E-state index contributed by atoms with van der Waals surface area (Å²) in [4.78, 5) is 9.77. The average Bonchev–Trinajstić information content (AvgIpc) is 3.18. The summed E-state index contributed by atoms with van der Waals surface area (Å²) in [7, 11) is 0. The summed E-state index contributed by atoms with van der Waals surface area (Å²) < 4.78 is 2.25. The summed E-state index contributed by atoms with van der Waals surface area (Å²) in [5.41, 5.74) is 3.59. The Labute approximate surface area is 137 Å². The van der Waals surface area contributed by atoms with Gasteiger partial charge in [0.05, 0.1) is 17.4 Å². The number of hydrogen-bond acceptors (Lipinski definition) is 4. The van der Waals surface area contributed by atoms with Gasteiger partial charge in [-0.1, -0.05) is 6.07 Å². The van der Waals surface area contributed by atoms with E-state index in [1.54, 1.807) is 0 Å². The van der Waals surface area contributed by atoms with Crippen LogP contribution in [0.5, 0.6) is 0 Å². The van der Waals surface area contributed by atoms with E-state index < -0.39 is 0 Å². The molecule has 2 aliphatic heterocycles. The first-order valence-corrected chi connectivity index (χ1v) is 8.67. The maximum absolute atomic E-state index is 4.66. The van der Waals surface area contributed by atoms with E-state index in [4.69, 9.17) is 0 Å². The molecule has 5 nitrogen and oxygen atoms in total. The molecule has 1 atom stereocenters. The summed E-state index contributed by atoms with van der Waals surface area (Å²) in [5.74, 6) is 0. The fraction of sp³-hybridized carbons (Fsp3) is 0.556. The minimum absolute atomic E-state index is 0.455. The van der Waals surface area contributed by atoms with E-state index in [9.17, 15) is 0 Å². The summed E-state index contributed by atoms with van der Waals surface area (Å²) in [6, 6.07) is 8.91. The Morgan fingerprint density at radius 3 is 2.83 bits per heavy atom. The normalized spacial score (nSPS) is 22.4. The third kappa shape index (κ3) is 3.31. The molecule has 0 amide bonds. The molecule has 0 radical (unpaired) electrons. The van der Waals surface area contributed by atoms with Crippen molar-refractivity contribution in [1.82, 2.24) is 24.6 Å². The number of pyridine rings is 1. The molecular weight excluding hydrogens is 286 g/mol. The molecule has 1 saturated heterocycles.